The van der Waals surface area contributed by atoms with Gasteiger partial charge in [0.05, 0.1) is 11.4 Å². The first-order valence-electron chi connectivity index (χ1n) is 9.17. The maximum Gasteiger partial charge on any atom is 0.412 e. The summed E-state index contributed by atoms with van der Waals surface area (Å²) >= 11 is 0. The van der Waals surface area contributed by atoms with Crippen molar-refractivity contribution in [1.29, 1.82) is 5.41 Å². The van der Waals surface area contributed by atoms with Crippen molar-refractivity contribution < 1.29 is 13.9 Å². The molecule has 0 heterocycles. The number of aryl methyl sites for hydroxylation is 1. The standard InChI is InChI=1S/C20H23FN2O2.C2H6/c1-5-13-9-10-17(23-19(24)25-20(2,3)4)16(11-13)18(22)14-7-6-8-15(21)12-14;1-2/h6-12,22H,5H2,1-4H3,(H,23,24);1-2H3. The van der Waals surface area contributed by atoms with E-state index in [1.807, 2.05) is 32.9 Å². The number of halogens is 1. The van der Waals surface area contributed by atoms with Crippen LogP contribution in [0, 0.1) is 11.2 Å². The van der Waals surface area contributed by atoms with E-state index < -0.39 is 17.5 Å². The van der Waals surface area contributed by atoms with E-state index in [0.717, 1.165) is 12.0 Å². The van der Waals surface area contributed by atoms with Gasteiger partial charge < -0.3 is 4.74 Å². The minimum Gasteiger partial charge on any atom is -0.444 e. The Bertz CT molecular complexity index is 795. The molecule has 0 radical (unpaired) electrons. The molecule has 0 aliphatic carbocycles. The lowest BCUT2D eigenvalue weighted by atomic mass is 9.98. The van der Waals surface area contributed by atoms with Crippen molar-refractivity contribution in [2.24, 2.45) is 0 Å². The summed E-state index contributed by atoms with van der Waals surface area (Å²) in [4.78, 5) is 12.1. The quantitative estimate of drug-likeness (QED) is 0.630. The minimum atomic E-state index is -0.621. The summed E-state index contributed by atoms with van der Waals surface area (Å²) in [5.74, 6) is -0.407. The lowest BCUT2D eigenvalue weighted by molar-refractivity contribution is 0.0636. The monoisotopic (exact) mass is 372 g/mol. The van der Waals surface area contributed by atoms with Crippen LogP contribution in [0.3, 0.4) is 0 Å². The van der Waals surface area contributed by atoms with E-state index >= 15 is 0 Å². The minimum absolute atomic E-state index is 0.140. The zero-order valence-corrected chi connectivity index (χ0v) is 16.9. The molecule has 27 heavy (non-hydrogen) atoms. The largest absolute Gasteiger partial charge is 0.444 e. The molecule has 0 spiro atoms. The van der Waals surface area contributed by atoms with Gasteiger partial charge in [0.1, 0.15) is 11.4 Å². The molecule has 146 valence electrons. The van der Waals surface area contributed by atoms with Crippen LogP contribution in [0.15, 0.2) is 42.5 Å². The van der Waals surface area contributed by atoms with Gasteiger partial charge in [-0.1, -0.05) is 39.0 Å². The zero-order chi connectivity index (χ0) is 20.6. The number of hydrogen-bond acceptors (Lipinski definition) is 3. The van der Waals surface area contributed by atoms with Crippen molar-refractivity contribution in [2.75, 3.05) is 5.32 Å². The number of amides is 1. The highest BCUT2D eigenvalue weighted by Crippen LogP contribution is 2.23. The van der Waals surface area contributed by atoms with Crippen LogP contribution in [-0.2, 0) is 11.2 Å². The summed E-state index contributed by atoms with van der Waals surface area (Å²) in [5.41, 5.74) is 1.97. The van der Waals surface area contributed by atoms with Gasteiger partial charge in [-0.15, -0.1) is 0 Å². The number of hydrogen-bond donors (Lipinski definition) is 2. The molecule has 0 atom stereocenters. The van der Waals surface area contributed by atoms with Gasteiger partial charge in [-0.25, -0.2) is 9.18 Å². The molecule has 2 N–H and O–H groups in total. The van der Waals surface area contributed by atoms with Gasteiger partial charge in [0.15, 0.2) is 0 Å². The van der Waals surface area contributed by atoms with Crippen molar-refractivity contribution in [3.05, 3.63) is 65.0 Å². The average Bonchev–Trinajstić information content (AvgIpc) is 2.61. The third kappa shape index (κ3) is 6.85. The predicted molar refractivity (Wildman–Crippen MR) is 109 cm³/mol. The summed E-state index contributed by atoms with van der Waals surface area (Å²) < 4.78 is 18.8. The Hall–Kier alpha value is -2.69. The highest BCUT2D eigenvalue weighted by Gasteiger charge is 2.19. The van der Waals surface area contributed by atoms with E-state index in [0.29, 0.717) is 16.8 Å². The number of carbonyl (C=O) groups is 1. The Morgan fingerprint density at radius 3 is 2.37 bits per heavy atom. The molecule has 0 saturated carbocycles. The molecule has 4 nitrogen and oxygen atoms in total. The lowest BCUT2D eigenvalue weighted by Crippen LogP contribution is -2.27. The summed E-state index contributed by atoms with van der Waals surface area (Å²) in [6.07, 6.45) is 0.195. The first-order valence-corrected chi connectivity index (χ1v) is 9.17. The van der Waals surface area contributed by atoms with Gasteiger partial charge in [-0.05, 0) is 57.0 Å². The van der Waals surface area contributed by atoms with Gasteiger partial charge in [0.25, 0.3) is 0 Å². The van der Waals surface area contributed by atoms with Gasteiger partial charge in [0, 0.05) is 11.1 Å². The van der Waals surface area contributed by atoms with E-state index in [1.54, 1.807) is 39.0 Å². The van der Waals surface area contributed by atoms with Gasteiger partial charge in [-0.3, -0.25) is 10.7 Å². The Kier molecular flexibility index (Phi) is 8.16. The van der Waals surface area contributed by atoms with Crippen LogP contribution in [0.2, 0.25) is 0 Å². The van der Waals surface area contributed by atoms with E-state index in [9.17, 15) is 9.18 Å². The first-order chi connectivity index (χ1) is 12.7. The normalized spacial score (nSPS) is 10.5. The Morgan fingerprint density at radius 2 is 1.81 bits per heavy atom. The van der Waals surface area contributed by atoms with Crippen molar-refractivity contribution in [3.63, 3.8) is 0 Å². The third-order valence-corrected chi connectivity index (χ3v) is 3.51. The molecule has 0 aliphatic heterocycles. The lowest BCUT2D eigenvalue weighted by Gasteiger charge is -2.21. The number of ether oxygens (including phenoxy) is 1. The van der Waals surface area contributed by atoms with Crippen molar-refractivity contribution in [2.45, 2.75) is 53.6 Å². The molecule has 5 heteroatoms. The molecule has 0 fully saturated rings. The molecule has 0 saturated heterocycles. The second kappa shape index (κ2) is 9.86. The van der Waals surface area contributed by atoms with Gasteiger partial charge >= 0.3 is 6.09 Å². The fourth-order valence-electron chi connectivity index (χ4n) is 2.34. The smallest absolute Gasteiger partial charge is 0.412 e. The summed E-state index contributed by atoms with van der Waals surface area (Å²) in [5, 5.41) is 11.1. The molecule has 2 aromatic carbocycles. The molecule has 0 unspecified atom stereocenters. The number of rotatable bonds is 4. The van der Waals surface area contributed by atoms with Crippen LogP contribution < -0.4 is 5.32 Å². The van der Waals surface area contributed by atoms with E-state index in [-0.39, 0.29) is 5.71 Å². The van der Waals surface area contributed by atoms with E-state index in [2.05, 4.69) is 5.32 Å². The van der Waals surface area contributed by atoms with Crippen LogP contribution >= 0.6 is 0 Å². The van der Waals surface area contributed by atoms with Crippen molar-refractivity contribution in [3.8, 4) is 0 Å². The number of nitrogens with one attached hydrogen (secondary N) is 2. The van der Waals surface area contributed by atoms with Gasteiger partial charge in [0.2, 0.25) is 0 Å². The Morgan fingerprint density at radius 1 is 1.15 bits per heavy atom. The molecular formula is C22H29FN2O2. The molecular weight excluding hydrogens is 343 g/mol. The van der Waals surface area contributed by atoms with E-state index in [1.165, 1.54) is 12.1 Å². The molecule has 2 aromatic rings. The van der Waals surface area contributed by atoms with Crippen LogP contribution in [-0.4, -0.2) is 17.4 Å². The Labute approximate surface area is 161 Å². The number of benzene rings is 2. The zero-order valence-electron chi connectivity index (χ0n) is 16.9. The van der Waals surface area contributed by atoms with E-state index in [4.69, 9.17) is 10.1 Å². The summed E-state index contributed by atoms with van der Waals surface area (Å²) in [7, 11) is 0. The van der Waals surface area contributed by atoms with Crippen LogP contribution in [0.25, 0.3) is 0 Å². The predicted octanol–water partition coefficient (Wildman–Crippen LogP) is 6.18. The third-order valence-electron chi connectivity index (χ3n) is 3.51. The number of anilines is 1. The maximum absolute atomic E-state index is 13.5. The molecule has 0 bridgehead atoms. The molecule has 1 amide bonds. The van der Waals surface area contributed by atoms with Crippen molar-refractivity contribution in [1.82, 2.24) is 0 Å². The van der Waals surface area contributed by atoms with Crippen molar-refractivity contribution >= 4 is 17.5 Å². The number of carbonyl (C=O) groups excluding carboxylic acids is 1. The van der Waals surface area contributed by atoms with Crippen LogP contribution in [0.5, 0.6) is 0 Å². The highest BCUT2D eigenvalue weighted by atomic mass is 19.1. The Balaban J connectivity index is 0.00000176. The first kappa shape index (κ1) is 22.4. The molecule has 0 aromatic heterocycles. The topological polar surface area (TPSA) is 62.2 Å². The highest BCUT2D eigenvalue weighted by molar-refractivity contribution is 6.15. The average molecular weight is 372 g/mol. The second-order valence-corrected chi connectivity index (χ2v) is 6.75. The second-order valence-electron chi connectivity index (χ2n) is 6.75. The van der Waals surface area contributed by atoms with Crippen LogP contribution in [0.1, 0.15) is 58.2 Å². The SMILES string of the molecule is CC.CCc1ccc(NC(=O)OC(C)(C)C)c(C(=N)c2cccc(F)c2)c1. The fraction of sp³-hybridized carbons (Fsp3) is 0.364. The molecule has 0 aliphatic rings. The fourth-order valence-corrected chi connectivity index (χ4v) is 2.34. The van der Waals surface area contributed by atoms with Crippen LogP contribution in [0.4, 0.5) is 14.9 Å². The summed E-state index contributed by atoms with van der Waals surface area (Å²) in [6, 6.07) is 11.3. The maximum atomic E-state index is 13.5. The molecule has 2 rings (SSSR count). The summed E-state index contributed by atoms with van der Waals surface area (Å²) in [6.45, 7) is 11.3. The van der Waals surface area contributed by atoms with Gasteiger partial charge in [-0.2, -0.15) is 0 Å².